The highest BCUT2D eigenvalue weighted by molar-refractivity contribution is 7.92. The number of sulfone groups is 1. The van der Waals surface area contributed by atoms with E-state index in [1.54, 1.807) is 18.2 Å². The van der Waals surface area contributed by atoms with Gasteiger partial charge in [-0.25, -0.2) is 12.8 Å². The van der Waals surface area contributed by atoms with E-state index in [2.05, 4.69) is 20.9 Å². The zero-order valence-corrected chi connectivity index (χ0v) is 30.2. The molecule has 0 spiro atoms. The molecule has 4 N–H and O–H groups in total. The van der Waals surface area contributed by atoms with Crippen LogP contribution < -0.4 is 16.0 Å². The van der Waals surface area contributed by atoms with Gasteiger partial charge in [-0.05, 0) is 77.3 Å². The molecule has 48 heavy (non-hydrogen) atoms. The molecule has 1 saturated carbocycles. The fourth-order valence-corrected chi connectivity index (χ4v) is 7.75. The Hall–Kier alpha value is -2.86. The Bertz CT molecular complexity index is 1500. The fraction of sp³-hybridized carbons (Fsp3) is 0.622. The van der Waals surface area contributed by atoms with E-state index in [9.17, 15) is 27.5 Å². The van der Waals surface area contributed by atoms with Crippen molar-refractivity contribution in [3.05, 3.63) is 71.5 Å². The van der Waals surface area contributed by atoms with Crippen LogP contribution in [0.3, 0.4) is 0 Å². The Kier molecular flexibility index (Phi) is 12.5. The summed E-state index contributed by atoms with van der Waals surface area (Å²) in [5.41, 5.74) is 0.769. The van der Waals surface area contributed by atoms with E-state index in [0.29, 0.717) is 23.9 Å². The molecule has 9 nitrogen and oxygen atoms in total. The van der Waals surface area contributed by atoms with Gasteiger partial charge in [0.05, 0.1) is 22.9 Å². The average Bonchev–Trinajstić information content (AvgIpc) is 3.00. The van der Waals surface area contributed by atoms with E-state index >= 15 is 0 Å². The van der Waals surface area contributed by atoms with Crippen LogP contribution in [0.4, 0.5) is 4.39 Å². The molecule has 3 unspecified atom stereocenters. The Morgan fingerprint density at radius 2 is 1.60 bits per heavy atom. The third-order valence-corrected chi connectivity index (χ3v) is 12.3. The summed E-state index contributed by atoms with van der Waals surface area (Å²) in [5, 5.41) is 21.1. The van der Waals surface area contributed by atoms with Crippen LogP contribution in [-0.2, 0) is 32.4 Å². The Labute approximate surface area is 286 Å². The van der Waals surface area contributed by atoms with Crippen molar-refractivity contribution < 1.29 is 27.5 Å². The monoisotopic (exact) mass is 686 g/mol. The van der Waals surface area contributed by atoms with Crippen molar-refractivity contribution >= 4 is 21.7 Å². The number of hydrogen-bond donors (Lipinski definition) is 4. The van der Waals surface area contributed by atoms with Gasteiger partial charge >= 0.3 is 0 Å². The summed E-state index contributed by atoms with van der Waals surface area (Å²) in [5.74, 6) is -0.244. The molecular weight excluding hydrogens is 631 g/mol. The van der Waals surface area contributed by atoms with Crippen molar-refractivity contribution in [1.82, 2.24) is 20.9 Å². The highest BCUT2D eigenvalue weighted by atomic mass is 32.2. The van der Waals surface area contributed by atoms with E-state index in [1.165, 1.54) is 26.3 Å². The molecule has 2 aromatic carbocycles. The number of piperidine rings is 1. The summed E-state index contributed by atoms with van der Waals surface area (Å²) in [6, 6.07) is 13.1. The Balaban J connectivity index is 1.61. The van der Waals surface area contributed by atoms with Gasteiger partial charge in [-0.1, -0.05) is 67.8 Å². The Morgan fingerprint density at radius 1 is 0.979 bits per heavy atom. The molecule has 2 fully saturated rings. The van der Waals surface area contributed by atoms with Crippen LogP contribution in [0.15, 0.2) is 54.6 Å². The first-order chi connectivity index (χ1) is 22.5. The summed E-state index contributed by atoms with van der Waals surface area (Å²) in [7, 11) is -3.77. The van der Waals surface area contributed by atoms with Gasteiger partial charge < -0.3 is 21.1 Å². The summed E-state index contributed by atoms with van der Waals surface area (Å²) in [4.78, 5) is 29.8. The highest BCUT2D eigenvalue weighted by Gasteiger charge is 2.45. The van der Waals surface area contributed by atoms with Crippen molar-refractivity contribution in [2.24, 2.45) is 11.8 Å². The van der Waals surface area contributed by atoms with Crippen molar-refractivity contribution in [3.63, 3.8) is 0 Å². The molecule has 1 aliphatic heterocycles. The van der Waals surface area contributed by atoms with Crippen molar-refractivity contribution in [2.75, 3.05) is 19.3 Å². The number of nitrogens with zero attached hydrogens (tertiary/aromatic N) is 1. The van der Waals surface area contributed by atoms with Crippen molar-refractivity contribution in [1.29, 1.82) is 0 Å². The van der Waals surface area contributed by atoms with E-state index in [-0.39, 0.29) is 25.4 Å². The molecule has 4 rings (SSSR count). The van der Waals surface area contributed by atoms with Gasteiger partial charge in [0.15, 0.2) is 9.84 Å². The van der Waals surface area contributed by atoms with E-state index in [0.717, 1.165) is 37.5 Å². The molecule has 2 aliphatic rings. The van der Waals surface area contributed by atoms with Gasteiger partial charge in [0.2, 0.25) is 11.8 Å². The predicted molar refractivity (Wildman–Crippen MR) is 187 cm³/mol. The second-order valence-electron chi connectivity index (χ2n) is 15.4. The minimum absolute atomic E-state index is 0.0605. The second kappa shape index (κ2) is 15.8. The normalized spacial score (nSPS) is 22.6. The summed E-state index contributed by atoms with van der Waals surface area (Å²) in [6.07, 6.45) is 5.51. The van der Waals surface area contributed by atoms with Gasteiger partial charge in [-0.3, -0.25) is 14.5 Å². The van der Waals surface area contributed by atoms with E-state index in [4.69, 9.17) is 0 Å². The molecule has 6 atom stereocenters. The molecule has 1 aliphatic carbocycles. The Morgan fingerprint density at radius 3 is 2.23 bits per heavy atom. The first-order valence-corrected chi connectivity index (χ1v) is 19.1. The SMILES string of the molecule is CC(C)(C)NC(=O)C1C[C@@H]2CCCC[C@@H]2CN1CC(O)C(Cc1ccccc1)NC(=O)[C@@H](NCc1ccccc1F)C(C)(C)S(C)(=O)=O. The molecule has 266 valence electrons. The number of halogens is 1. The van der Waals surface area contributed by atoms with Crippen LogP contribution in [0.2, 0.25) is 0 Å². The van der Waals surface area contributed by atoms with Gasteiger partial charge in [0.25, 0.3) is 0 Å². The standard InChI is InChI=1S/C37H55FN4O5S/c1-36(2,3)41-34(44)31-21-26-16-10-11-18-28(26)23-42(31)24-32(43)30(20-25-14-8-7-9-15-25)40-35(45)33(37(4,5)48(6,46)47)39-22-27-17-12-13-19-29(27)38/h7-9,12-15,17,19,26,28,30-33,39,43H,10-11,16,18,20-24H2,1-6H3,(H,40,45)(H,41,44)/t26-,28+,30?,31?,32?,33+/m0/s1. The molecular formula is C37H55FN4O5S. The largest absolute Gasteiger partial charge is 0.390 e. The lowest BCUT2D eigenvalue weighted by atomic mass is 9.72. The van der Waals surface area contributed by atoms with Crippen molar-refractivity contribution in [3.8, 4) is 0 Å². The van der Waals surface area contributed by atoms with Crippen LogP contribution in [-0.4, -0.2) is 84.1 Å². The van der Waals surface area contributed by atoms with Crippen LogP contribution in [0.1, 0.15) is 77.8 Å². The number of benzene rings is 2. The number of amides is 2. The van der Waals surface area contributed by atoms with Crippen LogP contribution in [0, 0.1) is 17.7 Å². The van der Waals surface area contributed by atoms with Gasteiger partial charge in [0.1, 0.15) is 11.9 Å². The number of rotatable bonds is 13. The molecule has 2 aromatic rings. The summed E-state index contributed by atoms with van der Waals surface area (Å²) >= 11 is 0. The highest BCUT2D eigenvalue weighted by Crippen LogP contribution is 2.39. The number of nitrogens with one attached hydrogen (secondary N) is 3. The lowest BCUT2D eigenvalue weighted by Crippen LogP contribution is -2.63. The number of aliphatic hydroxyl groups excluding tert-OH is 1. The number of hydrogen-bond acceptors (Lipinski definition) is 7. The van der Waals surface area contributed by atoms with Crippen molar-refractivity contribution in [2.45, 2.75) is 114 Å². The maximum absolute atomic E-state index is 14.5. The van der Waals surface area contributed by atoms with Gasteiger partial charge in [-0.15, -0.1) is 0 Å². The zero-order valence-electron chi connectivity index (χ0n) is 29.3. The molecule has 11 heteroatoms. The quantitative estimate of drug-likeness (QED) is 0.251. The third kappa shape index (κ3) is 9.86. The first-order valence-electron chi connectivity index (χ1n) is 17.2. The molecule has 1 heterocycles. The maximum atomic E-state index is 14.5. The maximum Gasteiger partial charge on any atom is 0.239 e. The number of fused-ring (bicyclic) bond motifs is 1. The van der Waals surface area contributed by atoms with Crippen LogP contribution >= 0.6 is 0 Å². The average molecular weight is 687 g/mol. The molecule has 2 amide bonds. The zero-order chi connectivity index (χ0) is 35.3. The van der Waals surface area contributed by atoms with E-state index < -0.39 is 56.1 Å². The number of likely N-dealkylation sites (tertiary alicyclic amines) is 1. The first kappa shape index (κ1) is 38.0. The predicted octanol–water partition coefficient (Wildman–Crippen LogP) is 3.99. The van der Waals surface area contributed by atoms with Crippen LogP contribution in [0.5, 0.6) is 0 Å². The number of aliphatic hydroxyl groups is 1. The minimum Gasteiger partial charge on any atom is -0.390 e. The molecule has 0 aromatic heterocycles. The number of carbonyl (C=O) groups excluding carboxylic acids is 2. The summed E-state index contributed by atoms with van der Waals surface area (Å²) in [6.45, 7) is 9.57. The topological polar surface area (TPSA) is 128 Å². The van der Waals surface area contributed by atoms with Gasteiger partial charge in [0, 0.05) is 37.0 Å². The van der Waals surface area contributed by atoms with Crippen LogP contribution in [0.25, 0.3) is 0 Å². The number of carbonyl (C=O) groups is 2. The summed E-state index contributed by atoms with van der Waals surface area (Å²) < 4.78 is 38.9. The minimum atomic E-state index is -3.77. The lowest BCUT2D eigenvalue weighted by Gasteiger charge is -2.47. The third-order valence-electron chi connectivity index (χ3n) is 10.2. The molecule has 1 saturated heterocycles. The lowest BCUT2D eigenvalue weighted by molar-refractivity contribution is -0.133. The van der Waals surface area contributed by atoms with E-state index in [1.807, 2.05) is 51.1 Å². The second-order valence-corrected chi connectivity index (χ2v) is 18.0. The fourth-order valence-electron chi connectivity index (χ4n) is 7.13. The smallest absolute Gasteiger partial charge is 0.239 e. The molecule has 0 radical (unpaired) electrons. The number of β-amino-alcohol motifs (C(OH)–C–C–N with tert-alkyl or cyclic N) is 1. The van der Waals surface area contributed by atoms with Gasteiger partial charge in [-0.2, -0.15) is 0 Å². The molecule has 0 bridgehead atoms.